The highest BCUT2D eigenvalue weighted by atomic mass is 32.1. The molecule has 5 nitrogen and oxygen atoms in total. The molecule has 0 aliphatic carbocycles. The highest BCUT2D eigenvalue weighted by Gasteiger charge is 2.13. The second-order valence-electron chi connectivity index (χ2n) is 2.57. The molecule has 6 heteroatoms. The molecule has 0 aromatic carbocycles. The van der Waals surface area contributed by atoms with Crippen LogP contribution in [0.3, 0.4) is 0 Å². The lowest BCUT2D eigenvalue weighted by atomic mass is 10.2. The van der Waals surface area contributed by atoms with Crippen LogP contribution in [0.15, 0.2) is 17.5 Å². The molecule has 5 N–H and O–H groups in total. The summed E-state index contributed by atoms with van der Waals surface area (Å²) < 4.78 is 0. The van der Waals surface area contributed by atoms with Gasteiger partial charge in [0.2, 0.25) is 5.95 Å². The molecule has 0 amide bonds. The summed E-state index contributed by atoms with van der Waals surface area (Å²) in [6.07, 6.45) is 0. The van der Waals surface area contributed by atoms with Gasteiger partial charge in [0.15, 0.2) is 0 Å². The fourth-order valence-corrected chi connectivity index (χ4v) is 1.76. The molecular weight excluding hydrogens is 186 g/mol. The van der Waals surface area contributed by atoms with E-state index in [1.54, 1.807) is 11.3 Å². The molecule has 68 valence electrons. The largest absolute Gasteiger partial charge is 0.367 e. The Morgan fingerprint density at radius 1 is 1.54 bits per heavy atom. The Morgan fingerprint density at radius 3 is 2.92 bits per heavy atom. The average Bonchev–Trinajstić information content (AvgIpc) is 2.72. The minimum Gasteiger partial charge on any atom is -0.367 e. The van der Waals surface area contributed by atoms with Crippen molar-refractivity contribution in [3.05, 3.63) is 28.2 Å². The minimum absolute atomic E-state index is 0.224. The Hall–Kier alpha value is -1.40. The number of nitrogen functional groups attached to an aromatic ring is 1. The van der Waals surface area contributed by atoms with Crippen molar-refractivity contribution in [1.29, 1.82) is 0 Å². The first-order valence-electron chi connectivity index (χ1n) is 3.74. The van der Waals surface area contributed by atoms with E-state index >= 15 is 0 Å². The van der Waals surface area contributed by atoms with E-state index in [9.17, 15) is 0 Å². The van der Waals surface area contributed by atoms with Gasteiger partial charge in [-0.15, -0.1) is 16.4 Å². The van der Waals surface area contributed by atoms with Crippen molar-refractivity contribution in [2.24, 2.45) is 5.73 Å². The Labute approximate surface area is 78.8 Å². The van der Waals surface area contributed by atoms with Crippen LogP contribution < -0.4 is 11.5 Å². The third-order valence-corrected chi connectivity index (χ3v) is 2.62. The van der Waals surface area contributed by atoms with Gasteiger partial charge in [0.25, 0.3) is 0 Å². The van der Waals surface area contributed by atoms with Gasteiger partial charge in [-0.1, -0.05) is 6.07 Å². The molecule has 0 aliphatic heterocycles. The monoisotopic (exact) mass is 195 g/mol. The van der Waals surface area contributed by atoms with Crippen molar-refractivity contribution in [2.75, 3.05) is 5.73 Å². The molecule has 0 saturated heterocycles. The molecule has 2 aromatic rings. The fourth-order valence-electron chi connectivity index (χ4n) is 1.03. The Balaban J connectivity index is 2.28. The molecule has 0 radical (unpaired) electrons. The van der Waals surface area contributed by atoms with E-state index in [0.29, 0.717) is 5.82 Å². The quantitative estimate of drug-likeness (QED) is 0.650. The fraction of sp³-hybridized carbons (Fsp3) is 0.143. The number of anilines is 1. The first-order valence-corrected chi connectivity index (χ1v) is 4.62. The van der Waals surface area contributed by atoms with E-state index in [1.165, 1.54) is 0 Å². The zero-order chi connectivity index (χ0) is 9.26. The minimum atomic E-state index is -0.259. The van der Waals surface area contributed by atoms with Gasteiger partial charge in [0.1, 0.15) is 5.82 Å². The van der Waals surface area contributed by atoms with Gasteiger partial charge in [-0.25, -0.2) is 0 Å². The summed E-state index contributed by atoms with van der Waals surface area (Å²) >= 11 is 1.58. The van der Waals surface area contributed by atoms with Crippen molar-refractivity contribution in [3.8, 4) is 0 Å². The number of hydrogen-bond acceptors (Lipinski definition) is 5. The van der Waals surface area contributed by atoms with E-state index in [4.69, 9.17) is 11.5 Å². The van der Waals surface area contributed by atoms with Crippen LogP contribution >= 0.6 is 11.3 Å². The van der Waals surface area contributed by atoms with Crippen LogP contribution in [-0.4, -0.2) is 15.2 Å². The summed E-state index contributed by atoms with van der Waals surface area (Å²) in [5.74, 6) is 0.821. The van der Waals surface area contributed by atoms with Crippen LogP contribution in [-0.2, 0) is 0 Å². The molecule has 1 unspecified atom stereocenters. The van der Waals surface area contributed by atoms with E-state index < -0.39 is 0 Å². The molecule has 0 bridgehead atoms. The Morgan fingerprint density at radius 2 is 2.38 bits per heavy atom. The zero-order valence-corrected chi connectivity index (χ0v) is 7.58. The number of aromatic amines is 1. The number of rotatable bonds is 2. The SMILES string of the molecule is Nc1n[nH]c(C(N)c2cccs2)n1. The number of H-pyrrole nitrogens is 1. The molecule has 2 heterocycles. The van der Waals surface area contributed by atoms with Crippen molar-refractivity contribution in [1.82, 2.24) is 15.2 Å². The maximum atomic E-state index is 5.90. The van der Waals surface area contributed by atoms with Crippen molar-refractivity contribution >= 4 is 17.3 Å². The summed E-state index contributed by atoms with van der Waals surface area (Å²) in [5, 5.41) is 8.37. The summed E-state index contributed by atoms with van der Waals surface area (Å²) in [6.45, 7) is 0. The maximum Gasteiger partial charge on any atom is 0.239 e. The molecule has 1 atom stereocenters. The third-order valence-electron chi connectivity index (χ3n) is 1.66. The predicted molar refractivity (Wildman–Crippen MR) is 51.1 cm³/mol. The number of nitrogens with zero attached hydrogens (tertiary/aromatic N) is 2. The van der Waals surface area contributed by atoms with Crippen LogP contribution in [0.5, 0.6) is 0 Å². The summed E-state index contributed by atoms with van der Waals surface area (Å²) in [7, 11) is 0. The maximum absolute atomic E-state index is 5.90. The van der Waals surface area contributed by atoms with Crippen molar-refractivity contribution in [2.45, 2.75) is 6.04 Å². The highest BCUT2D eigenvalue weighted by Crippen LogP contribution is 2.20. The average molecular weight is 195 g/mol. The normalized spacial score (nSPS) is 13.0. The lowest BCUT2D eigenvalue weighted by Crippen LogP contribution is -2.12. The van der Waals surface area contributed by atoms with Crippen molar-refractivity contribution in [3.63, 3.8) is 0 Å². The Kier molecular flexibility index (Phi) is 1.99. The topological polar surface area (TPSA) is 93.6 Å². The van der Waals surface area contributed by atoms with Gasteiger partial charge in [-0.05, 0) is 11.4 Å². The smallest absolute Gasteiger partial charge is 0.239 e. The molecular formula is C7H9N5S. The molecule has 13 heavy (non-hydrogen) atoms. The molecule has 0 spiro atoms. The van der Waals surface area contributed by atoms with Gasteiger partial charge in [0, 0.05) is 4.88 Å². The van der Waals surface area contributed by atoms with Gasteiger partial charge < -0.3 is 11.5 Å². The predicted octanol–water partition coefficient (Wildman–Crippen LogP) is 0.496. The van der Waals surface area contributed by atoms with Crippen molar-refractivity contribution < 1.29 is 0 Å². The summed E-state index contributed by atoms with van der Waals surface area (Å²) in [6, 6.07) is 3.64. The van der Waals surface area contributed by atoms with Crippen LogP contribution in [0.4, 0.5) is 5.95 Å². The van der Waals surface area contributed by atoms with Gasteiger partial charge in [-0.2, -0.15) is 4.98 Å². The molecule has 0 aliphatic rings. The van der Waals surface area contributed by atoms with Crippen LogP contribution in [0.25, 0.3) is 0 Å². The molecule has 2 aromatic heterocycles. The first-order chi connectivity index (χ1) is 6.27. The van der Waals surface area contributed by atoms with E-state index in [1.807, 2.05) is 17.5 Å². The first kappa shape index (κ1) is 8.21. The van der Waals surface area contributed by atoms with Gasteiger partial charge in [-0.3, -0.25) is 5.10 Å². The van der Waals surface area contributed by atoms with Crippen LogP contribution in [0, 0.1) is 0 Å². The number of nitrogens with two attached hydrogens (primary N) is 2. The standard InChI is InChI=1S/C7H9N5S/c8-5(4-2-1-3-13-4)6-10-7(9)12-11-6/h1-3,5H,8H2,(H3,9,10,11,12). The summed E-state index contributed by atoms with van der Waals surface area (Å²) in [5.41, 5.74) is 11.3. The second kappa shape index (κ2) is 3.15. The number of nitrogens with one attached hydrogen (secondary N) is 1. The number of hydrogen-bond donors (Lipinski definition) is 3. The van der Waals surface area contributed by atoms with E-state index in [-0.39, 0.29) is 12.0 Å². The zero-order valence-electron chi connectivity index (χ0n) is 6.77. The lowest BCUT2D eigenvalue weighted by molar-refractivity contribution is 0.802. The second-order valence-corrected chi connectivity index (χ2v) is 3.55. The Bertz CT molecular complexity index is 379. The molecule has 0 fully saturated rings. The van der Waals surface area contributed by atoms with Gasteiger partial charge >= 0.3 is 0 Å². The van der Waals surface area contributed by atoms with Gasteiger partial charge in [0.05, 0.1) is 6.04 Å². The van der Waals surface area contributed by atoms with E-state index in [0.717, 1.165) is 4.88 Å². The highest BCUT2D eigenvalue weighted by molar-refractivity contribution is 7.10. The number of aromatic nitrogens is 3. The van der Waals surface area contributed by atoms with E-state index in [2.05, 4.69) is 15.2 Å². The summed E-state index contributed by atoms with van der Waals surface area (Å²) in [4.78, 5) is 5.00. The third kappa shape index (κ3) is 1.53. The molecule has 2 rings (SSSR count). The van der Waals surface area contributed by atoms with Crippen LogP contribution in [0.2, 0.25) is 0 Å². The molecule has 0 saturated carbocycles. The number of thiophene rings is 1. The van der Waals surface area contributed by atoms with Crippen LogP contribution in [0.1, 0.15) is 16.7 Å². The lowest BCUT2D eigenvalue weighted by Gasteiger charge is -2.03.